The van der Waals surface area contributed by atoms with Gasteiger partial charge in [-0.05, 0) is 257 Å². The van der Waals surface area contributed by atoms with Gasteiger partial charge in [-0.15, -0.1) is 0 Å². The van der Waals surface area contributed by atoms with Gasteiger partial charge in [0.05, 0.1) is 13.2 Å². The molecular weight excluding hydrogens is 1720 g/mol. The van der Waals surface area contributed by atoms with Crippen LogP contribution in [0, 0.1) is 63.2 Å². The second kappa shape index (κ2) is 47.9. The monoisotopic (exact) mass is 1920 g/mol. The van der Waals surface area contributed by atoms with Crippen molar-refractivity contribution in [2.75, 3.05) is 13.2 Å². The van der Waals surface area contributed by atoms with E-state index < -0.39 is 5.97 Å². The molecule has 1 aliphatic carbocycles. The minimum Gasteiger partial charge on any atom is -0.508 e. The summed E-state index contributed by atoms with van der Waals surface area (Å²) in [5, 5.41) is 73.8. The topological polar surface area (TPSA) is 196 Å². The first-order valence-corrected chi connectivity index (χ1v) is 52.4. The SMILES string of the molecule is C=CC(=O)Oc1c(Cc2cc(C)cc(C(C)(C)C)c2C)cc(C)cc1C(C)(C)C.CC(C)(C)CC(C)(C)c1cc(O)c(C(C)(C)CC(C)(C)C)cc1O.CCCC1COC(c2cc(C(C)(C)C)c(O)c(C(C)(C)C)c2)OC1.CCCCCC1CCC(CC(OO)c2cc(C(C)(C)C)c(O)c(C(C)(C)C)c2)CC1.Cc1cc(C(C)(C)C)c(O)c(C(C)(C)C)c1.Cc1cc(C(C)(C)C)c(O)c(C(C)(C)C)c1. The van der Waals surface area contributed by atoms with Crippen molar-refractivity contribution in [1.82, 2.24) is 0 Å². The first-order chi connectivity index (χ1) is 62.7. The summed E-state index contributed by atoms with van der Waals surface area (Å²) in [6.07, 6.45) is 16.7. The van der Waals surface area contributed by atoms with E-state index in [0.29, 0.717) is 52.1 Å². The van der Waals surface area contributed by atoms with Crippen LogP contribution < -0.4 is 4.74 Å². The van der Waals surface area contributed by atoms with E-state index in [9.17, 15) is 40.7 Å². The zero-order valence-corrected chi connectivity index (χ0v) is 97.2. The van der Waals surface area contributed by atoms with Crippen LogP contribution in [0.25, 0.3) is 0 Å². The van der Waals surface area contributed by atoms with Crippen molar-refractivity contribution in [3.05, 3.63) is 214 Å². The fraction of sp³-hybridized carbons (Fsp3) is 0.646. The fourth-order valence-electron chi connectivity index (χ4n) is 20.5. The van der Waals surface area contributed by atoms with Crippen molar-refractivity contribution >= 4 is 5.97 Å². The lowest BCUT2D eigenvalue weighted by Gasteiger charge is -2.36. The van der Waals surface area contributed by atoms with Gasteiger partial charge in [0.2, 0.25) is 0 Å². The molecule has 782 valence electrons. The van der Waals surface area contributed by atoms with Gasteiger partial charge in [-0.2, -0.15) is 0 Å². The second-order valence-corrected chi connectivity index (χ2v) is 55.5. The van der Waals surface area contributed by atoms with Crippen molar-refractivity contribution in [3.8, 4) is 40.2 Å². The molecule has 12 nitrogen and oxygen atoms in total. The number of benzene rings is 7. The smallest absolute Gasteiger partial charge is 0.335 e. The largest absolute Gasteiger partial charge is 0.508 e. The molecule has 7 aromatic rings. The number of unbranched alkanes of at least 4 members (excludes halogenated alkanes) is 2. The Kier molecular flexibility index (Phi) is 42.7. The molecule has 1 saturated carbocycles. The van der Waals surface area contributed by atoms with E-state index in [2.05, 4.69) is 393 Å². The highest BCUT2D eigenvalue weighted by molar-refractivity contribution is 5.84. The molecular formula is C127H202O12. The summed E-state index contributed by atoms with van der Waals surface area (Å²) in [5.74, 6) is 4.51. The Balaban J connectivity index is 0.000000353. The van der Waals surface area contributed by atoms with Crippen molar-refractivity contribution in [1.29, 1.82) is 0 Å². The number of phenols is 6. The zero-order chi connectivity index (χ0) is 107. The Morgan fingerprint density at radius 1 is 0.367 bits per heavy atom. The van der Waals surface area contributed by atoms with Crippen molar-refractivity contribution in [2.24, 2.45) is 28.6 Å². The van der Waals surface area contributed by atoms with E-state index in [4.69, 9.17) is 19.1 Å². The van der Waals surface area contributed by atoms with Crippen LogP contribution in [0.4, 0.5) is 0 Å². The van der Waals surface area contributed by atoms with Crippen LogP contribution in [0.3, 0.4) is 0 Å². The number of carbonyl (C=O) groups is 1. The maximum absolute atomic E-state index is 12.1. The third-order valence-corrected chi connectivity index (χ3v) is 27.3. The molecule has 12 heteroatoms. The van der Waals surface area contributed by atoms with Gasteiger partial charge in [0, 0.05) is 40.7 Å². The maximum atomic E-state index is 12.1. The quantitative estimate of drug-likeness (QED) is 0.00771. The van der Waals surface area contributed by atoms with E-state index in [0.717, 1.165) is 136 Å². The van der Waals surface area contributed by atoms with Gasteiger partial charge in [-0.25, -0.2) is 9.68 Å². The Hall–Kier alpha value is -7.61. The van der Waals surface area contributed by atoms with Gasteiger partial charge >= 0.3 is 5.97 Å². The molecule has 139 heavy (non-hydrogen) atoms. The maximum Gasteiger partial charge on any atom is 0.335 e. The summed E-state index contributed by atoms with van der Waals surface area (Å²) in [6, 6.07) is 28.9. The summed E-state index contributed by atoms with van der Waals surface area (Å²) in [4.78, 5) is 17.2. The van der Waals surface area contributed by atoms with E-state index in [1.165, 1.54) is 96.4 Å². The molecule has 1 unspecified atom stereocenters. The molecule has 1 saturated heterocycles. The highest BCUT2D eigenvalue weighted by Gasteiger charge is 2.39. The minimum absolute atomic E-state index is 0.0178. The lowest BCUT2D eigenvalue weighted by atomic mass is 9.69. The molecule has 0 radical (unpaired) electrons. The number of rotatable bonds is 19. The zero-order valence-electron chi connectivity index (χ0n) is 97.2. The van der Waals surface area contributed by atoms with Crippen LogP contribution in [-0.4, -0.2) is 55.1 Å². The number of hydrogen-bond donors (Lipinski definition) is 7. The molecule has 1 atom stereocenters. The van der Waals surface area contributed by atoms with Crippen LogP contribution in [0.2, 0.25) is 0 Å². The van der Waals surface area contributed by atoms with Crippen LogP contribution in [0.5, 0.6) is 40.2 Å². The molecule has 0 spiro atoms. The molecule has 9 rings (SSSR count). The molecule has 1 heterocycles. The van der Waals surface area contributed by atoms with E-state index in [-0.39, 0.29) is 88.2 Å². The Morgan fingerprint density at radius 3 is 0.978 bits per heavy atom. The lowest BCUT2D eigenvalue weighted by molar-refractivity contribution is -0.285. The number of aromatic hydroxyl groups is 6. The number of esters is 1. The van der Waals surface area contributed by atoms with E-state index in [1.807, 2.05) is 12.1 Å². The van der Waals surface area contributed by atoms with Gasteiger partial charge in [-0.3, -0.25) is 5.26 Å². The highest BCUT2D eigenvalue weighted by Crippen LogP contribution is 2.51. The van der Waals surface area contributed by atoms with Crippen LogP contribution in [-0.2, 0) is 90.6 Å². The highest BCUT2D eigenvalue weighted by atomic mass is 17.1. The summed E-state index contributed by atoms with van der Waals surface area (Å²) < 4.78 is 17.8. The summed E-state index contributed by atoms with van der Waals surface area (Å²) in [5.41, 5.74) is 21.5. The number of hydrogen-bond acceptors (Lipinski definition) is 12. The van der Waals surface area contributed by atoms with Crippen LogP contribution >= 0.6 is 0 Å². The summed E-state index contributed by atoms with van der Waals surface area (Å²) in [6.45, 7) is 106. The van der Waals surface area contributed by atoms with E-state index >= 15 is 0 Å². The Labute approximate surface area is 849 Å². The third-order valence-electron chi connectivity index (χ3n) is 27.3. The predicted octanol–water partition coefficient (Wildman–Crippen LogP) is 35.7. The van der Waals surface area contributed by atoms with E-state index in [1.54, 1.807) is 12.1 Å². The van der Waals surface area contributed by atoms with Crippen molar-refractivity contribution in [3.63, 3.8) is 0 Å². The Bertz CT molecular complexity index is 4870. The first kappa shape index (κ1) is 124. The number of carbonyl (C=O) groups excluding carboxylic acids is 1. The molecule has 1 aliphatic heterocycles. The van der Waals surface area contributed by atoms with Crippen LogP contribution in [0.1, 0.15) is 503 Å². The van der Waals surface area contributed by atoms with Gasteiger partial charge in [0.25, 0.3) is 0 Å². The molecule has 2 fully saturated rings. The van der Waals surface area contributed by atoms with Crippen molar-refractivity contribution < 1.29 is 59.8 Å². The molecule has 0 aromatic heterocycles. The average Bonchev–Trinajstić information content (AvgIpc) is 0.772. The minimum atomic E-state index is -0.419. The number of aryl methyl sites for hydroxylation is 4. The third kappa shape index (κ3) is 37.2. The molecule has 2 aliphatic rings. The Morgan fingerprint density at radius 2 is 0.669 bits per heavy atom. The van der Waals surface area contributed by atoms with Crippen molar-refractivity contribution in [2.45, 2.75) is 493 Å². The molecule has 7 N–H and O–H groups in total. The predicted molar refractivity (Wildman–Crippen MR) is 592 cm³/mol. The van der Waals surface area contributed by atoms with Gasteiger partial charge in [0.15, 0.2) is 6.29 Å². The van der Waals surface area contributed by atoms with Gasteiger partial charge in [0.1, 0.15) is 46.4 Å². The fourth-order valence-corrected chi connectivity index (χ4v) is 20.5. The standard InChI is InChI=1S/C27H46O3.C27H36O2.C22H38O2.C21H34O3.2C15H24O/c1-8-9-10-11-19-12-14-20(15-13-19)16-24(30-29)21-17-22(26(2,3)4)25(28)23(18-21)27(5,6)7;1-11-24(28)29-25-21(13-18(3)15-23(25)27(8,9)10)16-20-12-17(2)14-22(19(20)4)26(5,6)7;1-19(2,3)13-21(7,8)15-11-18(24)16(12-17(15)23)22(9,10)14-20(4,5)6;1-8-9-14-12-23-19(24-13-14)15-10-16(20(2,3)4)18(22)17(11-15)21(5,6)7;2*1-10-8-11(14(2,3)4)13(16)12(9-10)15(5,6)7/h17-20,24,28-29H,8-16H2,1-7H3;11-15H,1,16H2,2-10H3;11-12,23-24H,13-14H2,1-10H3;10-11,14,19,22H,8-9,12-13H2,1-7H3;2*8-9,16H,1-7H3. The average molecular weight is 1920 g/mol. The summed E-state index contributed by atoms with van der Waals surface area (Å²) in [7, 11) is 0. The normalized spacial score (nSPS) is 16.5. The summed E-state index contributed by atoms with van der Waals surface area (Å²) >= 11 is 0. The first-order valence-electron chi connectivity index (χ1n) is 52.4. The number of phenolic OH excluding ortho intramolecular Hbond substituents is 6. The molecule has 7 aromatic carbocycles. The number of ether oxygens (including phenoxy) is 3. The van der Waals surface area contributed by atoms with Gasteiger partial charge < -0.3 is 44.8 Å². The molecule has 0 amide bonds. The van der Waals surface area contributed by atoms with Crippen LogP contribution in [0.15, 0.2) is 97.6 Å². The second-order valence-electron chi connectivity index (χ2n) is 55.5. The van der Waals surface area contributed by atoms with Gasteiger partial charge in [-0.1, -0.05) is 426 Å². The lowest BCUT2D eigenvalue weighted by Crippen LogP contribution is -2.28. The molecule has 0 bridgehead atoms.